The highest BCUT2D eigenvalue weighted by molar-refractivity contribution is 5.87. The van der Waals surface area contributed by atoms with Crippen LogP contribution in [0.1, 0.15) is 33.6 Å². The summed E-state index contributed by atoms with van der Waals surface area (Å²) in [7, 11) is 0. The van der Waals surface area contributed by atoms with E-state index in [2.05, 4.69) is 4.74 Å². The summed E-state index contributed by atoms with van der Waals surface area (Å²) in [6, 6.07) is 0. The van der Waals surface area contributed by atoms with E-state index in [-0.39, 0.29) is 0 Å². The van der Waals surface area contributed by atoms with Crippen molar-refractivity contribution < 1.29 is 112 Å². The van der Waals surface area contributed by atoms with Gasteiger partial charge in [-0.3, -0.25) is 4.79 Å². The highest BCUT2D eigenvalue weighted by atomic mass is 19.4. The standard InChI is InChI=1S/C20H15F21O4/c1-10(2,3)45-8(42)5-4-7(9(43)44)6-11(21,22)12(23,24)13(25,26)14(27,28)15(29,30)16(31,32)17(33,34)18(35,36)19(37,38)20(39,40)41/h6H,4-5H2,1-3H3,(H,43,44). The fraction of sp³-hybridized carbons (Fsp3) is 0.800. The van der Waals surface area contributed by atoms with Gasteiger partial charge in [-0.25, -0.2) is 4.79 Å². The minimum Gasteiger partial charge on any atom is -0.478 e. The molecule has 1 N–H and O–H groups in total. The number of hydrogen-bond donors (Lipinski definition) is 1. The Labute approximate surface area is 235 Å². The van der Waals surface area contributed by atoms with E-state index in [0.29, 0.717) is 0 Å². The Kier molecular flexibility index (Phi) is 10.8. The second kappa shape index (κ2) is 11.5. The molecule has 0 aliphatic rings. The monoisotopic (exact) mass is 718 g/mol. The predicted octanol–water partition coefficient (Wildman–Crippen LogP) is 8.40. The smallest absolute Gasteiger partial charge is 0.460 e. The Morgan fingerprint density at radius 3 is 1.07 bits per heavy atom. The maximum Gasteiger partial charge on any atom is 0.460 e. The summed E-state index contributed by atoms with van der Waals surface area (Å²) in [6.45, 7) is 3.48. The van der Waals surface area contributed by atoms with E-state index in [0.717, 1.165) is 20.8 Å². The first kappa shape index (κ1) is 42.2. The van der Waals surface area contributed by atoms with Crippen LogP contribution in [-0.2, 0) is 14.3 Å². The summed E-state index contributed by atoms with van der Waals surface area (Å²) in [5.41, 5.74) is -3.67. The molecule has 0 aromatic rings. The van der Waals surface area contributed by atoms with Crippen LogP contribution in [0.4, 0.5) is 92.2 Å². The van der Waals surface area contributed by atoms with Crippen LogP contribution in [0.5, 0.6) is 0 Å². The van der Waals surface area contributed by atoms with Crippen LogP contribution < -0.4 is 0 Å². The molecule has 4 nitrogen and oxygen atoms in total. The lowest BCUT2D eigenvalue weighted by molar-refractivity contribution is -0.473. The maximum atomic E-state index is 14.1. The Balaban J connectivity index is 7.04. The summed E-state index contributed by atoms with van der Waals surface area (Å²) in [5, 5.41) is 8.79. The Bertz CT molecular complexity index is 1140. The van der Waals surface area contributed by atoms with Crippen LogP contribution in [-0.4, -0.2) is 82.1 Å². The van der Waals surface area contributed by atoms with E-state index in [9.17, 15) is 102 Å². The molecule has 0 saturated carbocycles. The highest BCUT2D eigenvalue weighted by Gasteiger charge is 2.97. The van der Waals surface area contributed by atoms with Crippen LogP contribution >= 0.6 is 0 Å². The molecule has 0 fully saturated rings. The van der Waals surface area contributed by atoms with Crippen molar-refractivity contribution in [2.45, 2.75) is 98.7 Å². The number of allylic oxidation sites excluding steroid dienone is 1. The number of carbonyl (C=O) groups excluding carboxylic acids is 1. The van der Waals surface area contributed by atoms with E-state index >= 15 is 0 Å². The summed E-state index contributed by atoms with van der Waals surface area (Å²) >= 11 is 0. The van der Waals surface area contributed by atoms with Crippen molar-refractivity contribution in [3.8, 4) is 0 Å². The first-order valence-electron chi connectivity index (χ1n) is 10.8. The Hall–Kier alpha value is -2.79. The summed E-state index contributed by atoms with van der Waals surface area (Å²) in [6.07, 6.45) is -13.1. The molecule has 45 heavy (non-hydrogen) atoms. The maximum absolute atomic E-state index is 14.1. The van der Waals surface area contributed by atoms with Crippen molar-refractivity contribution in [3.05, 3.63) is 11.6 Å². The summed E-state index contributed by atoms with van der Waals surface area (Å²) < 4.78 is 286. The highest BCUT2D eigenvalue weighted by Crippen LogP contribution is 2.66. The van der Waals surface area contributed by atoms with Gasteiger partial charge in [0.2, 0.25) is 0 Å². The van der Waals surface area contributed by atoms with Gasteiger partial charge in [-0.05, 0) is 27.2 Å². The van der Waals surface area contributed by atoms with Gasteiger partial charge < -0.3 is 9.84 Å². The fourth-order valence-electron chi connectivity index (χ4n) is 2.75. The van der Waals surface area contributed by atoms with Gasteiger partial charge in [0.1, 0.15) is 5.60 Å². The molecule has 0 spiro atoms. The molecular weight excluding hydrogens is 703 g/mol. The van der Waals surface area contributed by atoms with Gasteiger partial charge in [0, 0.05) is 18.1 Å². The summed E-state index contributed by atoms with van der Waals surface area (Å²) in [4.78, 5) is 22.6. The van der Waals surface area contributed by atoms with Gasteiger partial charge >= 0.3 is 71.4 Å². The molecule has 0 aliphatic heterocycles. The minimum atomic E-state index is -9.31. The lowest BCUT2D eigenvalue weighted by Crippen LogP contribution is -2.76. The van der Waals surface area contributed by atoms with Gasteiger partial charge in [0.25, 0.3) is 0 Å². The second-order valence-corrected chi connectivity index (χ2v) is 9.78. The number of halogens is 21. The molecule has 0 amide bonds. The molecule has 0 bridgehead atoms. The Morgan fingerprint density at radius 2 is 0.800 bits per heavy atom. The second-order valence-electron chi connectivity index (χ2n) is 9.78. The lowest BCUT2D eigenvalue weighted by Gasteiger charge is -2.44. The number of ether oxygens (including phenoxy) is 1. The van der Waals surface area contributed by atoms with Gasteiger partial charge in [-0.2, -0.15) is 92.2 Å². The number of alkyl halides is 21. The molecule has 25 heteroatoms. The lowest BCUT2D eigenvalue weighted by atomic mass is 9.86. The SMILES string of the molecule is CC(C)(C)OC(=O)CCC(=CC(F)(F)C(F)(F)C(F)(F)C(F)(F)C(F)(F)C(F)(F)C(F)(F)C(F)(F)C(F)(F)C(F)(F)F)C(=O)O. The number of carboxylic acid groups (broad SMARTS) is 1. The molecule has 0 aliphatic carbocycles. The van der Waals surface area contributed by atoms with Gasteiger partial charge in [0.05, 0.1) is 0 Å². The normalized spacial score (nSPS) is 16.1. The molecule has 0 radical (unpaired) electrons. The van der Waals surface area contributed by atoms with Crippen molar-refractivity contribution in [2.24, 2.45) is 0 Å². The number of hydrogen-bond acceptors (Lipinski definition) is 3. The van der Waals surface area contributed by atoms with Crippen LogP contribution in [0, 0.1) is 0 Å². The predicted molar refractivity (Wildman–Crippen MR) is 101 cm³/mol. The zero-order chi connectivity index (χ0) is 37.1. The molecule has 0 unspecified atom stereocenters. The first-order valence-corrected chi connectivity index (χ1v) is 10.8. The van der Waals surface area contributed by atoms with Gasteiger partial charge in [0.15, 0.2) is 0 Å². The molecule has 0 saturated heterocycles. The molecule has 0 atom stereocenters. The molecule has 0 aromatic heterocycles. The molecule has 0 heterocycles. The van der Waals surface area contributed by atoms with Crippen LogP contribution in [0.15, 0.2) is 11.6 Å². The third kappa shape index (κ3) is 6.70. The van der Waals surface area contributed by atoms with Crippen molar-refractivity contribution in [3.63, 3.8) is 0 Å². The number of rotatable bonds is 13. The molecule has 266 valence electrons. The largest absolute Gasteiger partial charge is 0.478 e. The average molecular weight is 718 g/mol. The van der Waals surface area contributed by atoms with E-state index in [4.69, 9.17) is 5.11 Å². The van der Waals surface area contributed by atoms with Gasteiger partial charge in [-0.1, -0.05) is 0 Å². The summed E-state index contributed by atoms with van der Waals surface area (Å²) in [5.74, 6) is -83.3. The topological polar surface area (TPSA) is 63.6 Å². The number of carboxylic acids is 1. The van der Waals surface area contributed by atoms with Crippen LogP contribution in [0.2, 0.25) is 0 Å². The third-order valence-corrected chi connectivity index (χ3v) is 5.18. The Morgan fingerprint density at radius 1 is 0.511 bits per heavy atom. The van der Waals surface area contributed by atoms with E-state index in [1.54, 1.807) is 0 Å². The molecule has 0 rings (SSSR count). The quantitative estimate of drug-likeness (QED) is 0.118. The zero-order valence-electron chi connectivity index (χ0n) is 21.6. The minimum absolute atomic E-state index is 1.16. The number of aliphatic carboxylic acids is 1. The first-order chi connectivity index (χ1) is 19.2. The number of esters is 1. The van der Waals surface area contributed by atoms with Crippen molar-refractivity contribution in [2.75, 3.05) is 0 Å². The third-order valence-electron chi connectivity index (χ3n) is 5.18. The van der Waals surface area contributed by atoms with Crippen molar-refractivity contribution >= 4 is 11.9 Å². The molecule has 0 aromatic carbocycles. The van der Waals surface area contributed by atoms with Crippen LogP contribution in [0.3, 0.4) is 0 Å². The van der Waals surface area contributed by atoms with Gasteiger partial charge in [-0.15, -0.1) is 0 Å². The average Bonchev–Trinajstić information content (AvgIpc) is 2.78. The van der Waals surface area contributed by atoms with E-state index in [1.807, 2.05) is 0 Å². The fourth-order valence-corrected chi connectivity index (χ4v) is 2.75. The van der Waals surface area contributed by atoms with E-state index < -0.39 is 102 Å². The number of carbonyl (C=O) groups is 2. The zero-order valence-corrected chi connectivity index (χ0v) is 21.6. The molecular formula is C20H15F21O4. The van der Waals surface area contributed by atoms with E-state index in [1.165, 1.54) is 0 Å². The van der Waals surface area contributed by atoms with Crippen molar-refractivity contribution in [1.82, 2.24) is 0 Å². The van der Waals surface area contributed by atoms with Crippen LogP contribution in [0.25, 0.3) is 0 Å². The van der Waals surface area contributed by atoms with Crippen molar-refractivity contribution in [1.29, 1.82) is 0 Å².